The van der Waals surface area contributed by atoms with Gasteiger partial charge in [0.1, 0.15) is 11.9 Å². The van der Waals surface area contributed by atoms with Crippen LogP contribution in [0, 0.1) is 12.0 Å². The summed E-state index contributed by atoms with van der Waals surface area (Å²) in [7, 11) is -0.833. The third-order valence-electron chi connectivity index (χ3n) is 0. The van der Waals surface area contributed by atoms with Gasteiger partial charge in [-0.15, -0.1) is 12.0 Å². The van der Waals surface area contributed by atoms with Gasteiger partial charge in [-0.2, -0.15) is 0 Å². The van der Waals surface area contributed by atoms with Gasteiger partial charge in [0.15, 0.2) is 0 Å². The van der Waals surface area contributed by atoms with Gasteiger partial charge >= 0.3 is 0 Å². The van der Waals surface area contributed by atoms with Crippen LogP contribution < -0.4 is 0 Å². The number of aliphatic hydroxyl groups excluding tert-OH is 2. The molecule has 0 aromatic carbocycles. The van der Waals surface area contributed by atoms with E-state index in [4.69, 9.17) is 29.4 Å². The standard InChI is InChI=1S/2C3H8O.2C2H2O.2CH2OSi.2CH4.2Ti/c2*1-3(2)4;2*1-2-3;2*1-3-2;;;;/h2*3-4H,1-2H3;2*1H2;2*1-2H;2*1H4;;. The summed E-state index contributed by atoms with van der Waals surface area (Å²) in [4.78, 5) is 31.9. The van der Waals surface area contributed by atoms with E-state index in [-0.39, 0.29) is 70.5 Å². The number of aliphatic hydroxyl groups is 2. The molecule has 0 heterocycles. The van der Waals surface area contributed by atoms with Crippen molar-refractivity contribution in [2.24, 2.45) is 0 Å². The first-order valence-electron chi connectivity index (χ1n) is 4.97. The molecule has 0 aromatic rings. The molecular formula is C14H32O6Si2Ti2. The zero-order valence-corrected chi connectivity index (χ0v) is 18.5. The van der Waals surface area contributed by atoms with E-state index in [1.54, 1.807) is 27.7 Å². The number of carbonyl (C=O) groups excluding carboxylic acids is 2. The normalized spacial score (nSPS) is 4.25. The minimum absolute atomic E-state index is 0. The molecule has 0 saturated carbocycles. The fraction of sp³-hybridized carbons (Fsp3) is 0.571. The summed E-state index contributed by atoms with van der Waals surface area (Å²) in [6, 6.07) is 8.86. The zero-order valence-electron chi connectivity index (χ0n) is 13.3. The van der Waals surface area contributed by atoms with E-state index in [0.29, 0.717) is 0 Å². The predicted molar refractivity (Wildman–Crippen MR) is 96.6 cm³/mol. The van der Waals surface area contributed by atoms with Crippen LogP contribution in [-0.4, -0.2) is 62.3 Å². The summed E-state index contributed by atoms with van der Waals surface area (Å²) in [5.74, 6) is 2.50. The van der Waals surface area contributed by atoms with E-state index in [1.165, 1.54) is 11.9 Å². The second-order valence-electron chi connectivity index (χ2n) is 2.73. The smallest absolute Gasteiger partial charge is 0.237 e. The summed E-state index contributed by atoms with van der Waals surface area (Å²) < 4.78 is 0. The van der Waals surface area contributed by atoms with E-state index in [0.717, 1.165) is 0 Å². The molecule has 0 fully saturated rings. The molecule has 0 radical (unpaired) electrons. The van der Waals surface area contributed by atoms with E-state index in [1.807, 2.05) is 0 Å². The van der Waals surface area contributed by atoms with Crippen molar-refractivity contribution < 1.29 is 72.8 Å². The van der Waals surface area contributed by atoms with Crippen molar-refractivity contribution in [3.05, 3.63) is 13.2 Å². The Morgan fingerprint density at radius 2 is 0.792 bits per heavy atom. The summed E-state index contributed by atoms with van der Waals surface area (Å²) >= 11 is 0. The molecule has 0 rings (SSSR count). The maximum atomic E-state index is 8.57. The van der Waals surface area contributed by atoms with E-state index < -0.39 is 18.4 Å². The fourth-order valence-corrected chi connectivity index (χ4v) is 0. The molecule has 0 bridgehead atoms. The van der Waals surface area contributed by atoms with Gasteiger partial charge in [0.25, 0.3) is 0 Å². The molecule has 0 aromatic heterocycles. The van der Waals surface area contributed by atoms with E-state index >= 15 is 0 Å². The minimum Gasteiger partial charge on any atom is -0.521 e. The molecule has 0 spiro atoms. The van der Waals surface area contributed by atoms with Crippen LogP contribution in [0.1, 0.15) is 42.5 Å². The van der Waals surface area contributed by atoms with Gasteiger partial charge in [-0.25, -0.2) is 9.59 Å². The molecular weight excluding hydrogens is 416 g/mol. The zero-order chi connectivity index (χ0) is 18.0. The first-order valence-corrected chi connectivity index (χ1v) is 7.01. The third kappa shape index (κ3) is 382000. The molecule has 0 saturated heterocycles. The molecule has 4 N–H and O–H groups in total. The third-order valence-corrected chi connectivity index (χ3v) is 0. The maximum absolute atomic E-state index is 8.57. The average molecular weight is 448 g/mol. The van der Waals surface area contributed by atoms with Crippen LogP contribution in [-0.2, 0) is 53.0 Å². The van der Waals surface area contributed by atoms with Crippen LogP contribution in [0.5, 0.6) is 0 Å². The minimum atomic E-state index is -0.417. The van der Waals surface area contributed by atoms with Gasteiger partial charge in [0, 0.05) is 55.6 Å². The van der Waals surface area contributed by atoms with Crippen molar-refractivity contribution in [2.45, 2.75) is 54.8 Å². The van der Waals surface area contributed by atoms with Crippen LogP contribution >= 0.6 is 0 Å². The molecule has 6 nitrogen and oxygen atoms in total. The quantitative estimate of drug-likeness (QED) is 0.316. The molecule has 0 aliphatic carbocycles. The predicted octanol–water partition coefficient (Wildman–Crippen LogP) is 0.423. The van der Waals surface area contributed by atoms with Crippen LogP contribution in [0.25, 0.3) is 0 Å². The van der Waals surface area contributed by atoms with Crippen molar-refractivity contribution in [3.8, 4) is 12.0 Å². The van der Waals surface area contributed by atoms with Crippen molar-refractivity contribution in [1.29, 1.82) is 0 Å². The molecule has 0 atom stereocenters. The van der Waals surface area contributed by atoms with Crippen LogP contribution in [0.15, 0.2) is 13.2 Å². The van der Waals surface area contributed by atoms with Gasteiger partial charge in [0.2, 0.25) is 18.4 Å². The van der Waals surface area contributed by atoms with Gasteiger partial charge in [0.05, 0.1) is 0 Å². The molecule has 140 valence electrons. The number of rotatable bonds is 0. The monoisotopic (exact) mass is 448 g/mol. The Bertz CT molecular complexity index is 253. The van der Waals surface area contributed by atoms with E-state index in [9.17, 15) is 0 Å². The summed E-state index contributed by atoms with van der Waals surface area (Å²) in [5, 5.41) is 16.1. The van der Waals surface area contributed by atoms with Crippen molar-refractivity contribution >= 4 is 30.3 Å². The van der Waals surface area contributed by atoms with Crippen LogP contribution in [0.4, 0.5) is 0 Å². The second kappa shape index (κ2) is 112. The summed E-state index contributed by atoms with van der Waals surface area (Å²) in [5.41, 5.74) is 0. The van der Waals surface area contributed by atoms with Gasteiger partial charge in [-0.1, -0.05) is 14.9 Å². The molecule has 0 amide bonds. The summed E-state index contributed by atoms with van der Waals surface area (Å²) in [6.45, 7) is 12.2. The van der Waals surface area contributed by atoms with Crippen LogP contribution in [0.2, 0.25) is 0 Å². The first-order chi connectivity index (χ1) is 9.12. The number of hydrogen-bond acceptors (Lipinski definition) is 6. The molecule has 0 aliphatic heterocycles. The van der Waals surface area contributed by atoms with Crippen LogP contribution in [0.3, 0.4) is 0 Å². The van der Waals surface area contributed by atoms with Crippen molar-refractivity contribution in [2.75, 3.05) is 0 Å². The Hall–Kier alpha value is -0.158. The molecule has 10 heteroatoms. The largest absolute Gasteiger partial charge is 0.521 e. The van der Waals surface area contributed by atoms with Crippen molar-refractivity contribution in [1.82, 2.24) is 0 Å². The maximum Gasteiger partial charge on any atom is 0.237 e. The Balaban J connectivity index is -0.0000000119. The van der Waals surface area contributed by atoms with E-state index in [2.05, 4.69) is 25.2 Å². The fourth-order valence-electron chi connectivity index (χ4n) is 0. The molecule has 24 heavy (non-hydrogen) atoms. The topological polar surface area (TPSA) is 115 Å². The van der Waals surface area contributed by atoms with Crippen molar-refractivity contribution in [3.63, 3.8) is 0 Å². The van der Waals surface area contributed by atoms with Gasteiger partial charge < -0.3 is 19.8 Å². The van der Waals surface area contributed by atoms with Gasteiger partial charge in [-0.3, -0.25) is 0 Å². The molecule has 0 unspecified atom stereocenters. The first kappa shape index (κ1) is 64.9. The second-order valence-corrected chi connectivity index (χ2v) is 3.25. The SMILES string of the molecule is C.C.C#[Si]O.C#[Si]O.C=C=O.C=C=O.CC(C)O.CC(C)O.[Ti].[Ti]. The number of hydrogen-bond donors (Lipinski definition) is 4. The van der Waals surface area contributed by atoms with Gasteiger partial charge in [-0.05, 0) is 40.9 Å². The summed E-state index contributed by atoms with van der Waals surface area (Å²) in [6.07, 6.45) is -0.333. The average Bonchev–Trinajstić information content (AvgIpc) is 2.18. The Labute approximate surface area is 182 Å². The molecule has 0 aliphatic rings. The Morgan fingerprint density at radius 3 is 0.792 bits per heavy atom. The Morgan fingerprint density at radius 1 is 0.792 bits per heavy atom. The Kier molecular flexibility index (Phi) is 304.